The van der Waals surface area contributed by atoms with E-state index in [9.17, 15) is 0 Å². The second-order valence-electron chi connectivity index (χ2n) is 3.39. The summed E-state index contributed by atoms with van der Waals surface area (Å²) >= 11 is 1.99. The van der Waals surface area contributed by atoms with Crippen molar-refractivity contribution in [3.05, 3.63) is 24.3 Å². The molecule has 84 valence electrons. The molecule has 0 aliphatic carbocycles. The fourth-order valence-corrected chi connectivity index (χ4v) is 2.02. The number of thioether (sulfide) groups is 1. The highest BCUT2D eigenvalue weighted by Crippen LogP contribution is 2.14. The molecule has 3 heteroatoms. The minimum absolute atomic E-state index is 0.757. The van der Waals surface area contributed by atoms with E-state index >= 15 is 0 Å². The molecule has 0 heterocycles. The molecule has 2 nitrogen and oxygen atoms in total. The van der Waals surface area contributed by atoms with Gasteiger partial charge in [-0.2, -0.15) is 11.8 Å². The molecule has 0 saturated heterocycles. The molecule has 0 bridgehead atoms. The van der Waals surface area contributed by atoms with Gasteiger partial charge in [0.25, 0.3) is 0 Å². The molecule has 0 atom stereocenters. The van der Waals surface area contributed by atoms with Crippen LogP contribution in [0.15, 0.2) is 24.3 Å². The molecule has 15 heavy (non-hydrogen) atoms. The van der Waals surface area contributed by atoms with Crippen LogP contribution in [0, 0.1) is 0 Å². The lowest BCUT2D eigenvalue weighted by Gasteiger charge is -2.06. The maximum Gasteiger partial charge on any atom is 0.121 e. The highest BCUT2D eigenvalue weighted by molar-refractivity contribution is 7.99. The highest BCUT2D eigenvalue weighted by atomic mass is 32.2. The number of benzene rings is 1. The van der Waals surface area contributed by atoms with Gasteiger partial charge in [0.05, 0.1) is 6.61 Å². The van der Waals surface area contributed by atoms with Gasteiger partial charge in [0.1, 0.15) is 5.75 Å². The quantitative estimate of drug-likeness (QED) is 0.572. The first-order chi connectivity index (χ1) is 7.33. The van der Waals surface area contributed by atoms with E-state index in [4.69, 9.17) is 10.5 Å². The lowest BCUT2D eigenvalue weighted by atomic mass is 10.3. The molecule has 1 aromatic rings. The first-order valence-corrected chi connectivity index (χ1v) is 6.54. The Morgan fingerprint density at radius 3 is 2.93 bits per heavy atom. The van der Waals surface area contributed by atoms with Crippen molar-refractivity contribution in [3.8, 4) is 5.75 Å². The third-order valence-corrected chi connectivity index (χ3v) is 3.18. The maximum absolute atomic E-state index is 5.64. The van der Waals surface area contributed by atoms with Gasteiger partial charge in [0.15, 0.2) is 0 Å². The van der Waals surface area contributed by atoms with E-state index in [1.54, 1.807) is 0 Å². The molecule has 0 amide bonds. The Kier molecular flexibility index (Phi) is 6.09. The summed E-state index contributed by atoms with van der Waals surface area (Å²) in [6.45, 7) is 2.98. The first kappa shape index (κ1) is 12.2. The second kappa shape index (κ2) is 7.46. The van der Waals surface area contributed by atoms with Crippen LogP contribution >= 0.6 is 11.8 Å². The van der Waals surface area contributed by atoms with E-state index in [1.165, 1.54) is 17.9 Å². The number of anilines is 1. The Morgan fingerprint density at radius 1 is 1.33 bits per heavy atom. The van der Waals surface area contributed by atoms with Crippen LogP contribution in [0.4, 0.5) is 5.69 Å². The van der Waals surface area contributed by atoms with Crippen molar-refractivity contribution in [1.29, 1.82) is 0 Å². The van der Waals surface area contributed by atoms with Gasteiger partial charge in [-0.3, -0.25) is 0 Å². The van der Waals surface area contributed by atoms with Gasteiger partial charge in [0, 0.05) is 11.8 Å². The van der Waals surface area contributed by atoms with Gasteiger partial charge in [0.2, 0.25) is 0 Å². The minimum atomic E-state index is 0.757. The van der Waals surface area contributed by atoms with E-state index in [-0.39, 0.29) is 0 Å². The molecule has 2 N–H and O–H groups in total. The lowest BCUT2D eigenvalue weighted by Crippen LogP contribution is -1.99. The number of ether oxygens (including phenoxy) is 1. The van der Waals surface area contributed by atoms with Crippen LogP contribution in [-0.2, 0) is 0 Å². The number of rotatable bonds is 7. The van der Waals surface area contributed by atoms with E-state index in [1.807, 2.05) is 36.0 Å². The number of nitrogen functional groups attached to an aromatic ring is 1. The van der Waals surface area contributed by atoms with Crippen LogP contribution < -0.4 is 10.5 Å². The van der Waals surface area contributed by atoms with Gasteiger partial charge >= 0.3 is 0 Å². The summed E-state index contributed by atoms with van der Waals surface area (Å²) in [4.78, 5) is 0. The van der Waals surface area contributed by atoms with Crippen molar-refractivity contribution in [2.24, 2.45) is 0 Å². The Hall–Kier alpha value is -0.830. The summed E-state index contributed by atoms with van der Waals surface area (Å²) in [6, 6.07) is 7.58. The van der Waals surface area contributed by atoms with Gasteiger partial charge < -0.3 is 10.5 Å². The highest BCUT2D eigenvalue weighted by Gasteiger charge is 1.94. The zero-order valence-electron chi connectivity index (χ0n) is 9.24. The smallest absolute Gasteiger partial charge is 0.121 e. The van der Waals surface area contributed by atoms with Crippen molar-refractivity contribution in [3.63, 3.8) is 0 Å². The summed E-state index contributed by atoms with van der Waals surface area (Å²) < 4.78 is 5.57. The van der Waals surface area contributed by atoms with Crippen LogP contribution in [0.2, 0.25) is 0 Å². The Labute approximate surface area is 96.2 Å². The number of hydrogen-bond acceptors (Lipinski definition) is 3. The van der Waals surface area contributed by atoms with Crippen LogP contribution in [-0.4, -0.2) is 18.1 Å². The third-order valence-electron chi connectivity index (χ3n) is 1.91. The van der Waals surface area contributed by atoms with Crippen LogP contribution in [0.5, 0.6) is 5.75 Å². The first-order valence-electron chi connectivity index (χ1n) is 5.39. The van der Waals surface area contributed by atoms with Crippen molar-refractivity contribution in [2.75, 3.05) is 23.8 Å². The molecule has 0 aliphatic heterocycles. The average Bonchev–Trinajstić information content (AvgIpc) is 2.23. The lowest BCUT2D eigenvalue weighted by molar-refractivity contribution is 0.319. The van der Waals surface area contributed by atoms with E-state index in [2.05, 4.69) is 6.92 Å². The topological polar surface area (TPSA) is 35.2 Å². The van der Waals surface area contributed by atoms with E-state index < -0.39 is 0 Å². The van der Waals surface area contributed by atoms with Crippen molar-refractivity contribution >= 4 is 17.4 Å². The molecule has 0 aromatic heterocycles. The second-order valence-corrected chi connectivity index (χ2v) is 4.61. The van der Waals surface area contributed by atoms with Crippen LogP contribution in [0.25, 0.3) is 0 Å². The average molecular weight is 225 g/mol. The molecule has 0 unspecified atom stereocenters. The summed E-state index contributed by atoms with van der Waals surface area (Å²) in [7, 11) is 0. The van der Waals surface area contributed by atoms with Crippen LogP contribution in [0.3, 0.4) is 0 Å². The summed E-state index contributed by atoms with van der Waals surface area (Å²) in [5.41, 5.74) is 6.40. The van der Waals surface area contributed by atoms with E-state index in [0.29, 0.717) is 0 Å². The summed E-state index contributed by atoms with van der Waals surface area (Å²) in [5.74, 6) is 3.30. The SMILES string of the molecule is CCCSCCCOc1cccc(N)c1. The van der Waals surface area contributed by atoms with Crippen LogP contribution in [0.1, 0.15) is 19.8 Å². The normalized spacial score (nSPS) is 10.2. The van der Waals surface area contributed by atoms with Gasteiger partial charge in [-0.1, -0.05) is 13.0 Å². The Balaban J connectivity index is 2.10. The number of hydrogen-bond donors (Lipinski definition) is 1. The van der Waals surface area contributed by atoms with Crippen molar-refractivity contribution in [2.45, 2.75) is 19.8 Å². The zero-order valence-corrected chi connectivity index (χ0v) is 10.1. The summed E-state index contributed by atoms with van der Waals surface area (Å²) in [5, 5.41) is 0. The van der Waals surface area contributed by atoms with Crippen molar-refractivity contribution in [1.82, 2.24) is 0 Å². The molecule has 0 fully saturated rings. The Morgan fingerprint density at radius 2 is 2.20 bits per heavy atom. The third kappa shape index (κ3) is 5.57. The largest absolute Gasteiger partial charge is 0.493 e. The molecule has 0 spiro atoms. The predicted octanol–water partition coefficient (Wildman–Crippen LogP) is 3.18. The molecule has 0 aliphatic rings. The molecule has 0 saturated carbocycles. The standard InChI is InChI=1S/C12H19NOS/c1-2-8-15-9-4-7-14-12-6-3-5-11(13)10-12/h3,5-6,10H,2,4,7-9,13H2,1H3. The molecule has 0 radical (unpaired) electrons. The number of nitrogens with two attached hydrogens (primary N) is 1. The fourth-order valence-electron chi connectivity index (χ4n) is 1.20. The Bertz CT molecular complexity index is 278. The summed E-state index contributed by atoms with van der Waals surface area (Å²) in [6.07, 6.45) is 2.35. The monoisotopic (exact) mass is 225 g/mol. The van der Waals surface area contributed by atoms with Gasteiger partial charge in [-0.05, 0) is 36.5 Å². The molecule has 1 rings (SSSR count). The molecular formula is C12H19NOS. The van der Waals surface area contributed by atoms with E-state index in [0.717, 1.165) is 24.5 Å². The minimum Gasteiger partial charge on any atom is -0.493 e. The predicted molar refractivity (Wildman–Crippen MR) is 68.6 cm³/mol. The van der Waals surface area contributed by atoms with Gasteiger partial charge in [-0.25, -0.2) is 0 Å². The fraction of sp³-hybridized carbons (Fsp3) is 0.500. The maximum atomic E-state index is 5.64. The zero-order chi connectivity index (χ0) is 10.9. The molecule has 1 aromatic carbocycles. The molecular weight excluding hydrogens is 206 g/mol. The van der Waals surface area contributed by atoms with Crippen molar-refractivity contribution < 1.29 is 4.74 Å². The van der Waals surface area contributed by atoms with Gasteiger partial charge in [-0.15, -0.1) is 0 Å².